The molecule has 25 heavy (non-hydrogen) atoms. The van der Waals surface area contributed by atoms with Gasteiger partial charge in [0.1, 0.15) is 0 Å². The molecule has 0 unspecified atom stereocenters. The van der Waals surface area contributed by atoms with Gasteiger partial charge >= 0.3 is 0 Å². The molecule has 1 amide bonds. The fraction of sp³-hybridized carbons (Fsp3) is 0.158. The maximum absolute atomic E-state index is 12.1. The first-order valence-corrected chi connectivity index (χ1v) is 8.29. The van der Waals surface area contributed by atoms with Crippen molar-refractivity contribution in [1.29, 1.82) is 0 Å². The monoisotopic (exact) mass is 355 g/mol. The first kappa shape index (κ1) is 17.0. The summed E-state index contributed by atoms with van der Waals surface area (Å²) in [5, 5.41) is 2.29. The Morgan fingerprint density at radius 1 is 1.16 bits per heavy atom. The van der Waals surface area contributed by atoms with Gasteiger partial charge in [-0.15, -0.1) is 0 Å². The number of amides is 1. The van der Waals surface area contributed by atoms with E-state index < -0.39 is 0 Å². The minimum Gasteiger partial charge on any atom is -0.441 e. The van der Waals surface area contributed by atoms with Crippen LogP contribution in [0.15, 0.2) is 65.2 Å². The molecule has 0 aliphatic rings. The Labute approximate surface area is 151 Å². The lowest BCUT2D eigenvalue weighted by Gasteiger charge is -2.19. The molecule has 0 aliphatic heterocycles. The predicted octanol–water partition coefficient (Wildman–Crippen LogP) is 4.10. The standard InChI is InChI=1S/C19H18ClN3O2/c1-23(14-7-3-2-4-8-14)22-18(24)11-12-19-21-13-17(25-19)15-9-5-6-10-16(15)20/h2-10,13H,11-12H2,1H3,(H,22,24). The van der Waals surface area contributed by atoms with Crippen LogP contribution in [0.25, 0.3) is 11.3 Å². The lowest BCUT2D eigenvalue weighted by Crippen LogP contribution is -2.39. The van der Waals surface area contributed by atoms with E-state index in [0.29, 0.717) is 23.1 Å². The van der Waals surface area contributed by atoms with Crippen molar-refractivity contribution in [1.82, 2.24) is 10.4 Å². The maximum Gasteiger partial charge on any atom is 0.238 e. The van der Waals surface area contributed by atoms with Crippen LogP contribution >= 0.6 is 11.6 Å². The Kier molecular flexibility index (Phi) is 5.36. The van der Waals surface area contributed by atoms with Gasteiger partial charge in [-0.25, -0.2) is 4.98 Å². The second-order valence-electron chi connectivity index (χ2n) is 5.53. The molecule has 3 rings (SSSR count). The smallest absolute Gasteiger partial charge is 0.238 e. The number of nitrogens with zero attached hydrogens (tertiary/aromatic N) is 2. The van der Waals surface area contributed by atoms with Gasteiger partial charge in [-0.2, -0.15) is 0 Å². The third-order valence-corrected chi connectivity index (χ3v) is 4.02. The van der Waals surface area contributed by atoms with Crippen molar-refractivity contribution >= 4 is 23.2 Å². The lowest BCUT2D eigenvalue weighted by atomic mass is 10.2. The summed E-state index contributed by atoms with van der Waals surface area (Å²) in [6.07, 6.45) is 2.32. The predicted molar refractivity (Wildman–Crippen MR) is 98.3 cm³/mol. The quantitative estimate of drug-likeness (QED) is 0.676. The van der Waals surface area contributed by atoms with Crippen molar-refractivity contribution in [3.05, 3.63) is 71.7 Å². The molecular formula is C19H18ClN3O2. The van der Waals surface area contributed by atoms with E-state index >= 15 is 0 Å². The number of hydrazine groups is 1. The second-order valence-corrected chi connectivity index (χ2v) is 5.93. The van der Waals surface area contributed by atoms with E-state index in [0.717, 1.165) is 11.3 Å². The normalized spacial score (nSPS) is 10.5. The van der Waals surface area contributed by atoms with Crippen LogP contribution in [0, 0.1) is 0 Å². The fourth-order valence-electron chi connectivity index (χ4n) is 2.39. The topological polar surface area (TPSA) is 58.4 Å². The third kappa shape index (κ3) is 4.39. The minimum atomic E-state index is -0.108. The van der Waals surface area contributed by atoms with Crippen LogP contribution in [-0.2, 0) is 11.2 Å². The van der Waals surface area contributed by atoms with E-state index in [1.54, 1.807) is 24.3 Å². The summed E-state index contributed by atoms with van der Waals surface area (Å²) in [6.45, 7) is 0. The maximum atomic E-state index is 12.1. The first-order chi connectivity index (χ1) is 12.1. The summed E-state index contributed by atoms with van der Waals surface area (Å²) >= 11 is 6.15. The van der Waals surface area contributed by atoms with Crippen molar-refractivity contribution in [2.24, 2.45) is 0 Å². The highest BCUT2D eigenvalue weighted by Crippen LogP contribution is 2.28. The number of carbonyl (C=O) groups excluding carboxylic acids is 1. The van der Waals surface area contributed by atoms with Crippen LogP contribution in [0.4, 0.5) is 5.69 Å². The number of hydrogen-bond donors (Lipinski definition) is 1. The number of benzene rings is 2. The van der Waals surface area contributed by atoms with Crippen molar-refractivity contribution in [3.63, 3.8) is 0 Å². The summed E-state index contributed by atoms with van der Waals surface area (Å²) in [7, 11) is 1.80. The van der Waals surface area contributed by atoms with Gasteiger partial charge in [-0.3, -0.25) is 15.2 Å². The Morgan fingerprint density at radius 3 is 2.64 bits per heavy atom. The molecule has 5 nitrogen and oxygen atoms in total. The number of anilines is 1. The highest BCUT2D eigenvalue weighted by atomic mass is 35.5. The number of oxazole rings is 1. The van der Waals surface area contributed by atoms with E-state index in [1.165, 1.54) is 0 Å². The highest BCUT2D eigenvalue weighted by Gasteiger charge is 2.12. The second kappa shape index (κ2) is 7.85. The van der Waals surface area contributed by atoms with Crippen LogP contribution in [0.5, 0.6) is 0 Å². The SMILES string of the molecule is CN(NC(=O)CCc1ncc(-c2ccccc2Cl)o1)c1ccccc1. The molecule has 6 heteroatoms. The molecule has 1 heterocycles. The molecule has 0 bridgehead atoms. The van der Waals surface area contributed by atoms with Gasteiger partial charge < -0.3 is 4.42 Å². The van der Waals surface area contributed by atoms with Crippen molar-refractivity contribution in [2.45, 2.75) is 12.8 Å². The van der Waals surface area contributed by atoms with Crippen LogP contribution in [0.2, 0.25) is 5.02 Å². The minimum absolute atomic E-state index is 0.108. The van der Waals surface area contributed by atoms with Gasteiger partial charge in [0, 0.05) is 25.5 Å². The molecule has 1 N–H and O–H groups in total. The number of aryl methyl sites for hydroxylation is 1. The number of hydrogen-bond acceptors (Lipinski definition) is 4. The third-order valence-electron chi connectivity index (χ3n) is 3.69. The van der Waals surface area contributed by atoms with E-state index in [2.05, 4.69) is 10.4 Å². The van der Waals surface area contributed by atoms with Gasteiger partial charge in [-0.1, -0.05) is 41.9 Å². The molecular weight excluding hydrogens is 338 g/mol. The van der Waals surface area contributed by atoms with Crippen LogP contribution in [0.1, 0.15) is 12.3 Å². The number of nitrogens with one attached hydrogen (secondary N) is 1. The van der Waals surface area contributed by atoms with Gasteiger partial charge in [0.05, 0.1) is 16.9 Å². The fourth-order valence-corrected chi connectivity index (χ4v) is 2.62. The molecule has 0 aliphatic carbocycles. The Morgan fingerprint density at radius 2 is 1.88 bits per heavy atom. The number of halogens is 1. The summed E-state index contributed by atoms with van der Waals surface area (Å²) in [6, 6.07) is 17.0. The number of carbonyl (C=O) groups is 1. The molecule has 0 atom stereocenters. The number of para-hydroxylation sites is 1. The van der Waals surface area contributed by atoms with E-state index in [1.807, 2.05) is 48.5 Å². The average molecular weight is 356 g/mol. The average Bonchev–Trinajstić information content (AvgIpc) is 3.10. The Hall–Kier alpha value is -2.79. The van der Waals surface area contributed by atoms with Crippen molar-refractivity contribution < 1.29 is 9.21 Å². The molecule has 2 aromatic carbocycles. The molecule has 0 radical (unpaired) electrons. The molecule has 0 saturated carbocycles. The summed E-state index contributed by atoms with van der Waals surface area (Å²) < 4.78 is 5.70. The molecule has 1 aromatic heterocycles. The van der Waals surface area contributed by atoms with E-state index in [-0.39, 0.29) is 12.3 Å². The van der Waals surface area contributed by atoms with Gasteiger partial charge in [0.15, 0.2) is 11.7 Å². The summed E-state index contributed by atoms with van der Waals surface area (Å²) in [4.78, 5) is 16.3. The largest absolute Gasteiger partial charge is 0.441 e. The summed E-state index contributed by atoms with van der Waals surface area (Å²) in [5.74, 6) is 0.999. The van der Waals surface area contributed by atoms with Gasteiger partial charge in [0.25, 0.3) is 0 Å². The number of aromatic nitrogens is 1. The molecule has 0 spiro atoms. The molecule has 3 aromatic rings. The van der Waals surface area contributed by atoms with Crippen LogP contribution < -0.4 is 10.4 Å². The zero-order chi connectivity index (χ0) is 17.6. The first-order valence-electron chi connectivity index (χ1n) is 7.91. The zero-order valence-electron chi connectivity index (χ0n) is 13.8. The summed E-state index contributed by atoms with van der Waals surface area (Å²) in [5.41, 5.74) is 4.52. The number of rotatable bonds is 6. The van der Waals surface area contributed by atoms with Gasteiger partial charge in [0.2, 0.25) is 5.91 Å². The van der Waals surface area contributed by atoms with Crippen LogP contribution in [-0.4, -0.2) is 17.9 Å². The van der Waals surface area contributed by atoms with Crippen molar-refractivity contribution in [2.75, 3.05) is 12.1 Å². The lowest BCUT2D eigenvalue weighted by molar-refractivity contribution is -0.121. The van der Waals surface area contributed by atoms with Gasteiger partial charge in [-0.05, 0) is 24.3 Å². The molecule has 0 fully saturated rings. The van der Waals surface area contributed by atoms with E-state index in [4.69, 9.17) is 16.0 Å². The van der Waals surface area contributed by atoms with E-state index in [9.17, 15) is 4.79 Å². The molecule has 128 valence electrons. The van der Waals surface area contributed by atoms with Crippen molar-refractivity contribution in [3.8, 4) is 11.3 Å². The zero-order valence-corrected chi connectivity index (χ0v) is 14.5. The molecule has 0 saturated heterocycles. The highest BCUT2D eigenvalue weighted by molar-refractivity contribution is 6.33. The van der Waals surface area contributed by atoms with Crippen LogP contribution in [0.3, 0.4) is 0 Å². The Bertz CT molecular complexity index is 849. The Balaban J connectivity index is 1.55.